The normalized spacial score (nSPS) is 10.3. The van der Waals surface area contributed by atoms with Gasteiger partial charge in [-0.05, 0) is 29.3 Å². The zero-order valence-corrected chi connectivity index (χ0v) is 8.07. The monoisotopic (exact) mass is 201 g/mol. The molecule has 2 rings (SSSR count). The van der Waals surface area contributed by atoms with Crippen LogP contribution in [0.5, 0.6) is 0 Å². The number of hydrogen-bond donors (Lipinski definition) is 1. The van der Waals surface area contributed by atoms with Crippen LogP contribution in [0.4, 0.5) is 4.39 Å². The molecule has 0 saturated heterocycles. The number of nitrogens with two attached hydrogens (primary N) is 1. The molecule has 0 aliphatic carbocycles. The summed E-state index contributed by atoms with van der Waals surface area (Å²) >= 11 is 0. The van der Waals surface area contributed by atoms with Crippen molar-refractivity contribution in [2.45, 2.75) is 6.54 Å². The molecule has 0 amide bonds. The van der Waals surface area contributed by atoms with Crippen molar-refractivity contribution < 1.29 is 4.39 Å². The predicted molar refractivity (Wildman–Crippen MR) is 56.4 cm³/mol. The van der Waals surface area contributed by atoms with Gasteiger partial charge in [-0.25, -0.2) is 4.39 Å². The third-order valence-electron chi connectivity index (χ3n) is 2.20. The fraction of sp³-hybridized carbons (Fsp3) is 0.0833. The first-order chi connectivity index (χ1) is 7.31. The van der Waals surface area contributed by atoms with Crippen molar-refractivity contribution >= 4 is 0 Å². The summed E-state index contributed by atoms with van der Waals surface area (Å²) in [5.74, 6) is -0.271. The number of benzene rings is 1. The number of pyridine rings is 1. The van der Waals surface area contributed by atoms with E-state index in [-0.39, 0.29) is 5.82 Å². The molecule has 0 bridgehead atoms. The molecule has 75 valence electrons. The zero-order chi connectivity index (χ0) is 10.7. The lowest BCUT2D eigenvalue weighted by molar-refractivity contribution is 0.625. The van der Waals surface area contributed by atoms with E-state index in [1.807, 2.05) is 0 Å². The summed E-state index contributed by atoms with van der Waals surface area (Å²) in [5, 5.41) is 0. The van der Waals surface area contributed by atoms with E-state index in [2.05, 4.69) is 11.1 Å². The Bertz CT molecular complexity index is 454. The Kier molecular flexibility index (Phi) is 2.74. The SMILES string of the molecule is NCc1cc(F)ccc1-c1c[c]cnc1. The highest BCUT2D eigenvalue weighted by Gasteiger charge is 2.04. The summed E-state index contributed by atoms with van der Waals surface area (Å²) < 4.78 is 13.0. The minimum Gasteiger partial charge on any atom is -0.326 e. The van der Waals surface area contributed by atoms with Gasteiger partial charge in [0.2, 0.25) is 0 Å². The van der Waals surface area contributed by atoms with Gasteiger partial charge in [-0.3, -0.25) is 4.98 Å². The number of rotatable bonds is 2. The summed E-state index contributed by atoms with van der Waals surface area (Å²) in [7, 11) is 0. The quantitative estimate of drug-likeness (QED) is 0.808. The summed E-state index contributed by atoms with van der Waals surface area (Å²) in [6, 6.07) is 9.26. The van der Waals surface area contributed by atoms with Gasteiger partial charge in [0.25, 0.3) is 0 Å². The van der Waals surface area contributed by atoms with Gasteiger partial charge >= 0.3 is 0 Å². The van der Waals surface area contributed by atoms with Gasteiger partial charge < -0.3 is 5.73 Å². The van der Waals surface area contributed by atoms with Gasteiger partial charge in [0, 0.05) is 30.6 Å². The maximum absolute atomic E-state index is 13.0. The lowest BCUT2D eigenvalue weighted by Gasteiger charge is -2.07. The molecule has 1 aromatic heterocycles. The van der Waals surface area contributed by atoms with Crippen molar-refractivity contribution in [2.75, 3.05) is 0 Å². The van der Waals surface area contributed by atoms with E-state index in [0.29, 0.717) is 6.54 Å². The molecular weight excluding hydrogens is 191 g/mol. The number of halogens is 1. The first-order valence-electron chi connectivity index (χ1n) is 4.61. The van der Waals surface area contributed by atoms with E-state index in [1.165, 1.54) is 12.1 Å². The molecule has 0 spiro atoms. The zero-order valence-electron chi connectivity index (χ0n) is 8.07. The molecule has 2 nitrogen and oxygen atoms in total. The average molecular weight is 201 g/mol. The van der Waals surface area contributed by atoms with Crippen LogP contribution in [0, 0.1) is 11.9 Å². The van der Waals surface area contributed by atoms with Gasteiger partial charge in [-0.2, -0.15) is 0 Å². The lowest BCUT2D eigenvalue weighted by Crippen LogP contribution is -1.99. The molecule has 0 unspecified atom stereocenters. The van der Waals surface area contributed by atoms with E-state index >= 15 is 0 Å². The summed E-state index contributed by atoms with van der Waals surface area (Å²) in [6.45, 7) is 0.308. The molecule has 1 aromatic carbocycles. The molecule has 0 fully saturated rings. The molecular formula is C12H10FN2. The van der Waals surface area contributed by atoms with Crippen LogP contribution in [0.1, 0.15) is 5.56 Å². The van der Waals surface area contributed by atoms with Crippen LogP contribution < -0.4 is 5.73 Å². The molecule has 1 radical (unpaired) electrons. The van der Waals surface area contributed by atoms with Crippen molar-refractivity contribution in [3.8, 4) is 11.1 Å². The third-order valence-corrected chi connectivity index (χ3v) is 2.20. The van der Waals surface area contributed by atoms with E-state index in [9.17, 15) is 4.39 Å². The standard InChI is InChI=1S/C12H10FN2/c13-11-3-4-12(10(6-11)7-14)9-2-1-5-15-8-9/h2-6,8H,7,14H2. The first-order valence-corrected chi connectivity index (χ1v) is 4.61. The molecule has 0 saturated carbocycles. The van der Waals surface area contributed by atoms with Crippen LogP contribution in [-0.4, -0.2) is 4.98 Å². The van der Waals surface area contributed by atoms with Gasteiger partial charge in [0.15, 0.2) is 0 Å². The maximum Gasteiger partial charge on any atom is 0.123 e. The van der Waals surface area contributed by atoms with Gasteiger partial charge in [0.05, 0.1) is 0 Å². The van der Waals surface area contributed by atoms with Crippen LogP contribution in [0.25, 0.3) is 11.1 Å². The van der Waals surface area contributed by atoms with Crippen molar-refractivity contribution in [3.63, 3.8) is 0 Å². The summed E-state index contributed by atoms with van der Waals surface area (Å²) in [6.07, 6.45) is 3.29. The highest BCUT2D eigenvalue weighted by molar-refractivity contribution is 5.66. The smallest absolute Gasteiger partial charge is 0.123 e. The second-order valence-corrected chi connectivity index (χ2v) is 3.18. The van der Waals surface area contributed by atoms with Crippen LogP contribution in [-0.2, 0) is 6.54 Å². The number of hydrogen-bond acceptors (Lipinski definition) is 2. The molecule has 0 aliphatic rings. The van der Waals surface area contributed by atoms with Crippen molar-refractivity contribution in [1.82, 2.24) is 4.98 Å². The van der Waals surface area contributed by atoms with E-state index in [4.69, 9.17) is 5.73 Å². The third kappa shape index (κ3) is 2.02. The molecule has 2 N–H and O–H groups in total. The second kappa shape index (κ2) is 4.19. The van der Waals surface area contributed by atoms with E-state index < -0.39 is 0 Å². The molecule has 0 aliphatic heterocycles. The van der Waals surface area contributed by atoms with E-state index in [0.717, 1.165) is 16.7 Å². The van der Waals surface area contributed by atoms with Crippen molar-refractivity contribution in [2.24, 2.45) is 5.73 Å². The Morgan fingerprint density at radius 1 is 1.40 bits per heavy atom. The molecule has 15 heavy (non-hydrogen) atoms. The topological polar surface area (TPSA) is 38.9 Å². The molecule has 2 aromatic rings. The fourth-order valence-electron chi connectivity index (χ4n) is 1.49. The van der Waals surface area contributed by atoms with Gasteiger partial charge in [-0.1, -0.05) is 6.07 Å². The lowest BCUT2D eigenvalue weighted by atomic mass is 10.0. The minimum atomic E-state index is -0.271. The Morgan fingerprint density at radius 2 is 2.27 bits per heavy atom. The van der Waals surface area contributed by atoms with Crippen molar-refractivity contribution in [3.05, 3.63) is 54.1 Å². The average Bonchev–Trinajstić information content (AvgIpc) is 2.30. The highest BCUT2D eigenvalue weighted by atomic mass is 19.1. The molecule has 0 atom stereocenters. The van der Waals surface area contributed by atoms with Gasteiger partial charge in [0.1, 0.15) is 5.82 Å². The maximum atomic E-state index is 13.0. The summed E-state index contributed by atoms with van der Waals surface area (Å²) in [5.41, 5.74) is 8.14. The first kappa shape index (κ1) is 9.80. The highest BCUT2D eigenvalue weighted by Crippen LogP contribution is 2.23. The van der Waals surface area contributed by atoms with Crippen molar-refractivity contribution in [1.29, 1.82) is 0 Å². The Morgan fingerprint density at radius 3 is 2.93 bits per heavy atom. The molecule has 3 heteroatoms. The Balaban J connectivity index is 2.53. The Labute approximate surface area is 87.6 Å². The van der Waals surface area contributed by atoms with Crippen LogP contribution in [0.3, 0.4) is 0 Å². The fourth-order valence-corrected chi connectivity index (χ4v) is 1.49. The largest absolute Gasteiger partial charge is 0.326 e. The number of nitrogens with zero attached hydrogens (tertiary/aromatic N) is 1. The van der Waals surface area contributed by atoms with Gasteiger partial charge in [-0.15, -0.1) is 0 Å². The molecule has 1 heterocycles. The Hall–Kier alpha value is -1.74. The van der Waals surface area contributed by atoms with Crippen LogP contribution in [0.2, 0.25) is 0 Å². The van der Waals surface area contributed by atoms with Crippen LogP contribution in [0.15, 0.2) is 36.7 Å². The van der Waals surface area contributed by atoms with E-state index in [1.54, 1.807) is 24.5 Å². The summed E-state index contributed by atoms with van der Waals surface area (Å²) in [4.78, 5) is 3.97. The van der Waals surface area contributed by atoms with Crippen LogP contribution >= 0.6 is 0 Å². The number of aromatic nitrogens is 1. The predicted octanol–water partition coefficient (Wildman–Crippen LogP) is 2.15. The second-order valence-electron chi connectivity index (χ2n) is 3.18. The minimum absolute atomic E-state index is 0.271.